The quantitative estimate of drug-likeness (QED) is 0.244. The third-order valence-electron chi connectivity index (χ3n) is 7.32. The number of rotatable bonds is 8. The van der Waals surface area contributed by atoms with E-state index in [1.54, 1.807) is 50.2 Å². The van der Waals surface area contributed by atoms with Crippen LogP contribution in [0.2, 0.25) is 0 Å². The van der Waals surface area contributed by atoms with E-state index in [-0.39, 0.29) is 22.7 Å². The van der Waals surface area contributed by atoms with Crippen LogP contribution in [0.1, 0.15) is 65.8 Å². The Morgan fingerprint density at radius 2 is 1.69 bits per heavy atom. The first kappa shape index (κ1) is 32.3. The van der Waals surface area contributed by atoms with Crippen molar-refractivity contribution in [3.05, 3.63) is 82.0 Å². The SMILES string of the molecule is CC(C)(C)COC(=O)n1nc(NC(=O)c2ccc(CN3CCOCC3)cc2)c2cc(C(=O)NC(C)(C)c3ccccc3F)sc21. The van der Waals surface area contributed by atoms with Gasteiger partial charge in [-0.05, 0) is 49.1 Å². The molecule has 5 rings (SSSR count). The highest BCUT2D eigenvalue weighted by molar-refractivity contribution is 7.20. The molecule has 0 bridgehead atoms. The Morgan fingerprint density at radius 3 is 2.36 bits per heavy atom. The number of nitrogens with one attached hydrogen (secondary N) is 2. The van der Waals surface area contributed by atoms with Crippen molar-refractivity contribution in [2.45, 2.75) is 46.7 Å². The fourth-order valence-electron chi connectivity index (χ4n) is 4.91. The van der Waals surface area contributed by atoms with Crippen LogP contribution in [-0.2, 0) is 21.6 Å². The number of thiophene rings is 1. The molecular weight excluding hydrogens is 597 g/mol. The Morgan fingerprint density at radius 1 is 1.00 bits per heavy atom. The van der Waals surface area contributed by atoms with E-state index in [1.807, 2.05) is 32.9 Å². The van der Waals surface area contributed by atoms with Crippen LogP contribution in [-0.4, -0.2) is 65.5 Å². The van der Waals surface area contributed by atoms with Gasteiger partial charge in [0.25, 0.3) is 11.8 Å². The van der Waals surface area contributed by atoms with Crippen molar-refractivity contribution in [1.82, 2.24) is 20.0 Å². The number of carbonyl (C=O) groups is 3. The van der Waals surface area contributed by atoms with Crippen molar-refractivity contribution in [3.63, 3.8) is 0 Å². The minimum absolute atomic E-state index is 0.115. The van der Waals surface area contributed by atoms with Crippen LogP contribution >= 0.6 is 11.3 Å². The molecule has 2 amide bonds. The Hall–Kier alpha value is -4.13. The molecule has 1 fully saturated rings. The summed E-state index contributed by atoms with van der Waals surface area (Å²) in [7, 11) is 0. The molecule has 1 aliphatic rings. The first-order valence-electron chi connectivity index (χ1n) is 14.8. The lowest BCUT2D eigenvalue weighted by atomic mass is 9.93. The van der Waals surface area contributed by atoms with E-state index in [4.69, 9.17) is 9.47 Å². The van der Waals surface area contributed by atoms with Gasteiger partial charge in [0, 0.05) is 30.8 Å². The zero-order valence-electron chi connectivity index (χ0n) is 26.1. The molecule has 0 spiro atoms. The molecule has 10 nitrogen and oxygen atoms in total. The highest BCUT2D eigenvalue weighted by Crippen LogP contribution is 2.33. The standard InChI is InChI=1S/C33H38FN5O5S/c1-32(2,3)20-44-31(42)39-30-23(18-26(45-30)29(41)36-33(4,5)24-8-6-7-9-25(24)34)27(37-39)35-28(40)22-12-10-21(11-13-22)19-38-14-16-43-17-15-38/h6-13,18H,14-17,19-20H2,1-5H3,(H,36,41)(H,35,37,40). The summed E-state index contributed by atoms with van der Waals surface area (Å²) in [6.45, 7) is 13.3. The van der Waals surface area contributed by atoms with Crippen molar-refractivity contribution in [2.75, 3.05) is 38.2 Å². The monoisotopic (exact) mass is 635 g/mol. The minimum atomic E-state index is -1.03. The van der Waals surface area contributed by atoms with Crippen LogP contribution in [0.4, 0.5) is 15.0 Å². The van der Waals surface area contributed by atoms with E-state index >= 15 is 0 Å². The molecule has 2 aromatic carbocycles. The number of ether oxygens (including phenoxy) is 2. The average molecular weight is 636 g/mol. The number of benzene rings is 2. The summed E-state index contributed by atoms with van der Waals surface area (Å²) < 4.78 is 26.5. The number of morpholine rings is 1. The third kappa shape index (κ3) is 7.75. The second-order valence-electron chi connectivity index (χ2n) is 12.8. The summed E-state index contributed by atoms with van der Waals surface area (Å²) in [5, 5.41) is 10.5. The summed E-state index contributed by atoms with van der Waals surface area (Å²) in [4.78, 5) is 42.7. The van der Waals surface area contributed by atoms with E-state index in [2.05, 4.69) is 20.6 Å². The highest BCUT2D eigenvalue weighted by Gasteiger charge is 2.29. The lowest BCUT2D eigenvalue weighted by Gasteiger charge is -2.27. The van der Waals surface area contributed by atoms with Gasteiger partial charge < -0.3 is 20.1 Å². The molecule has 12 heteroatoms. The Bertz CT molecular complexity index is 1700. The molecule has 4 aromatic rings. The number of amides is 2. The number of fused-ring (bicyclic) bond motifs is 1. The van der Waals surface area contributed by atoms with Crippen LogP contribution in [0, 0.1) is 11.2 Å². The number of halogens is 1. The molecule has 1 aliphatic heterocycles. The van der Waals surface area contributed by atoms with E-state index in [0.717, 1.165) is 41.2 Å². The van der Waals surface area contributed by atoms with E-state index in [1.165, 1.54) is 6.07 Å². The van der Waals surface area contributed by atoms with Crippen molar-refractivity contribution < 1.29 is 28.2 Å². The lowest BCUT2D eigenvalue weighted by Crippen LogP contribution is -2.41. The van der Waals surface area contributed by atoms with E-state index in [0.29, 0.717) is 34.6 Å². The fourth-order valence-corrected chi connectivity index (χ4v) is 5.91. The molecule has 0 atom stereocenters. The highest BCUT2D eigenvalue weighted by atomic mass is 32.1. The normalized spacial score (nSPS) is 14.4. The first-order valence-corrected chi connectivity index (χ1v) is 15.6. The molecule has 45 heavy (non-hydrogen) atoms. The Kier molecular flexibility index (Phi) is 9.38. The number of hydrogen-bond donors (Lipinski definition) is 2. The maximum atomic E-state index is 14.5. The van der Waals surface area contributed by atoms with Gasteiger partial charge in [0.2, 0.25) is 0 Å². The minimum Gasteiger partial charge on any atom is -0.447 e. The van der Waals surface area contributed by atoms with Gasteiger partial charge in [0.1, 0.15) is 10.6 Å². The Balaban J connectivity index is 1.40. The van der Waals surface area contributed by atoms with Crippen LogP contribution in [0.15, 0.2) is 54.6 Å². The predicted octanol–water partition coefficient (Wildman–Crippen LogP) is 6.02. The number of aromatic nitrogens is 2. The summed E-state index contributed by atoms with van der Waals surface area (Å²) in [6.07, 6.45) is -0.733. The molecule has 1 saturated heterocycles. The number of nitrogens with zero attached hydrogens (tertiary/aromatic N) is 3. The summed E-state index contributed by atoms with van der Waals surface area (Å²) in [5.41, 5.74) is 0.514. The zero-order chi connectivity index (χ0) is 32.4. The van der Waals surface area contributed by atoms with Gasteiger partial charge in [0.15, 0.2) is 5.82 Å². The molecule has 0 saturated carbocycles. The maximum Gasteiger partial charge on any atom is 0.436 e. The summed E-state index contributed by atoms with van der Waals surface area (Å²) in [5.74, 6) is -1.20. The topological polar surface area (TPSA) is 115 Å². The second-order valence-corrected chi connectivity index (χ2v) is 13.8. The first-order chi connectivity index (χ1) is 21.3. The summed E-state index contributed by atoms with van der Waals surface area (Å²) >= 11 is 1.02. The molecule has 2 aromatic heterocycles. The van der Waals surface area contributed by atoms with Crippen LogP contribution in [0.25, 0.3) is 10.2 Å². The third-order valence-corrected chi connectivity index (χ3v) is 8.43. The molecule has 0 unspecified atom stereocenters. The van der Waals surface area contributed by atoms with Crippen molar-refractivity contribution in [1.29, 1.82) is 0 Å². The van der Waals surface area contributed by atoms with Crippen molar-refractivity contribution >= 4 is 45.3 Å². The summed E-state index contributed by atoms with van der Waals surface area (Å²) in [6, 6.07) is 15.1. The van der Waals surface area contributed by atoms with Crippen LogP contribution in [0.3, 0.4) is 0 Å². The van der Waals surface area contributed by atoms with Gasteiger partial charge in [-0.25, -0.2) is 9.18 Å². The van der Waals surface area contributed by atoms with Crippen LogP contribution in [0.5, 0.6) is 0 Å². The van der Waals surface area contributed by atoms with Crippen molar-refractivity contribution in [3.8, 4) is 0 Å². The average Bonchev–Trinajstić information content (AvgIpc) is 3.57. The molecule has 0 radical (unpaired) electrons. The van der Waals surface area contributed by atoms with Gasteiger partial charge in [-0.15, -0.1) is 16.4 Å². The van der Waals surface area contributed by atoms with E-state index < -0.39 is 29.3 Å². The Labute approximate surface area is 265 Å². The smallest absolute Gasteiger partial charge is 0.436 e. The molecule has 0 aliphatic carbocycles. The van der Waals surface area contributed by atoms with Gasteiger partial charge in [-0.2, -0.15) is 4.68 Å². The second kappa shape index (κ2) is 13.1. The van der Waals surface area contributed by atoms with Gasteiger partial charge >= 0.3 is 6.09 Å². The van der Waals surface area contributed by atoms with Gasteiger partial charge in [-0.3, -0.25) is 14.5 Å². The largest absolute Gasteiger partial charge is 0.447 e. The predicted molar refractivity (Wildman–Crippen MR) is 171 cm³/mol. The fraction of sp³-hybridized carbons (Fsp3) is 0.394. The number of hydrogen-bond acceptors (Lipinski definition) is 8. The van der Waals surface area contributed by atoms with Gasteiger partial charge in [0.05, 0.1) is 35.6 Å². The number of carbonyl (C=O) groups excluding carboxylic acids is 3. The van der Waals surface area contributed by atoms with Crippen molar-refractivity contribution in [2.24, 2.45) is 5.41 Å². The van der Waals surface area contributed by atoms with E-state index in [9.17, 15) is 18.8 Å². The lowest BCUT2D eigenvalue weighted by molar-refractivity contribution is 0.0342. The number of anilines is 1. The van der Waals surface area contributed by atoms with Crippen LogP contribution < -0.4 is 10.6 Å². The maximum absolute atomic E-state index is 14.5. The van der Waals surface area contributed by atoms with Gasteiger partial charge in [-0.1, -0.05) is 51.1 Å². The molecule has 2 N–H and O–H groups in total. The molecule has 238 valence electrons. The zero-order valence-corrected chi connectivity index (χ0v) is 26.9. The molecular formula is C33H38FN5O5S. The molecule has 3 heterocycles.